The van der Waals surface area contributed by atoms with E-state index in [0.29, 0.717) is 0 Å². The quantitative estimate of drug-likeness (QED) is 0.649. The normalized spacial score (nSPS) is 11.7. The highest BCUT2D eigenvalue weighted by atomic mass is 28.3. The molecule has 2 nitrogen and oxygen atoms in total. The van der Waals surface area contributed by atoms with Crippen molar-refractivity contribution in [3.63, 3.8) is 0 Å². The largest absolute Gasteiger partial charge is 0.329 e. The first-order chi connectivity index (χ1) is 5.43. The van der Waals surface area contributed by atoms with E-state index in [2.05, 4.69) is 24.6 Å². The van der Waals surface area contributed by atoms with Crippen molar-refractivity contribution in [1.29, 1.82) is 0 Å². The molecular weight excluding hydrogens is 166 g/mol. The van der Waals surface area contributed by atoms with Crippen LogP contribution in [-0.2, 0) is 0 Å². The van der Waals surface area contributed by atoms with E-state index in [-0.39, 0.29) is 5.56 Å². The third-order valence-corrected chi connectivity index (χ3v) is 4.17. The lowest BCUT2D eigenvalue weighted by atomic mass is 10.3. The van der Waals surface area contributed by atoms with Crippen molar-refractivity contribution in [1.82, 2.24) is 4.98 Å². The summed E-state index contributed by atoms with van der Waals surface area (Å²) < 4.78 is 0. The first-order valence-corrected chi connectivity index (χ1v) is 7.61. The Morgan fingerprint density at radius 1 is 1.33 bits per heavy atom. The zero-order valence-electron chi connectivity index (χ0n) is 8.06. The fourth-order valence-corrected chi connectivity index (χ4v) is 3.19. The molecule has 0 amide bonds. The zero-order chi connectivity index (χ0) is 9.35. The van der Waals surface area contributed by atoms with E-state index in [0.717, 1.165) is 5.56 Å². The number of hydrogen-bond donors (Lipinski definition) is 1. The molecule has 12 heavy (non-hydrogen) atoms. The van der Waals surface area contributed by atoms with E-state index < -0.39 is 8.07 Å². The maximum Gasteiger partial charge on any atom is 0.250 e. The van der Waals surface area contributed by atoms with Crippen molar-refractivity contribution < 1.29 is 0 Å². The van der Waals surface area contributed by atoms with Gasteiger partial charge in [0.2, 0.25) is 0 Å². The van der Waals surface area contributed by atoms with Crippen LogP contribution in [0.4, 0.5) is 0 Å². The van der Waals surface area contributed by atoms with Gasteiger partial charge in [-0.3, -0.25) is 4.79 Å². The van der Waals surface area contributed by atoms with Crippen LogP contribution in [0.2, 0.25) is 19.6 Å². The Morgan fingerprint density at radius 3 is 2.33 bits per heavy atom. The van der Waals surface area contributed by atoms with Crippen LogP contribution in [-0.4, -0.2) is 13.1 Å². The highest BCUT2D eigenvalue weighted by Gasteiger charge is 2.19. The van der Waals surface area contributed by atoms with Gasteiger partial charge >= 0.3 is 0 Å². The fourth-order valence-electron chi connectivity index (χ4n) is 1.37. The van der Waals surface area contributed by atoms with Gasteiger partial charge < -0.3 is 4.98 Å². The first-order valence-electron chi connectivity index (χ1n) is 4.11. The summed E-state index contributed by atoms with van der Waals surface area (Å²) in [5.41, 5.74) is 0.937. The molecule has 3 heteroatoms. The summed E-state index contributed by atoms with van der Waals surface area (Å²) in [7, 11) is -1.33. The van der Waals surface area contributed by atoms with Crippen LogP contribution < -0.4 is 10.7 Å². The summed E-state index contributed by atoms with van der Waals surface area (Å²) in [6.07, 6.45) is 1.74. The molecule has 0 aliphatic carbocycles. The van der Waals surface area contributed by atoms with Gasteiger partial charge in [-0.1, -0.05) is 24.8 Å². The highest BCUT2D eigenvalue weighted by molar-refractivity contribution is 6.89. The van der Waals surface area contributed by atoms with Crippen LogP contribution in [0.15, 0.2) is 17.1 Å². The van der Waals surface area contributed by atoms with Crippen LogP contribution in [0.3, 0.4) is 0 Å². The molecule has 0 aliphatic rings. The van der Waals surface area contributed by atoms with Gasteiger partial charge in [-0.25, -0.2) is 0 Å². The Kier molecular flexibility index (Phi) is 2.24. The SMILES string of the molecule is Cc1c([Si](C)(C)C)cc[nH]c1=O. The Hall–Kier alpha value is -0.833. The number of H-pyrrole nitrogens is 1. The minimum Gasteiger partial charge on any atom is -0.329 e. The minimum atomic E-state index is -1.33. The summed E-state index contributed by atoms with van der Waals surface area (Å²) >= 11 is 0. The van der Waals surface area contributed by atoms with E-state index >= 15 is 0 Å². The standard InChI is InChI=1S/C9H15NOSi/c1-7-8(12(2,3)4)5-6-10-9(7)11/h5-6H,1-4H3,(H,10,11). The molecule has 0 aliphatic heterocycles. The predicted molar refractivity (Wildman–Crippen MR) is 54.8 cm³/mol. The average Bonchev–Trinajstić information content (AvgIpc) is 1.92. The van der Waals surface area contributed by atoms with E-state index in [1.165, 1.54) is 5.19 Å². The van der Waals surface area contributed by atoms with Crippen molar-refractivity contribution in [3.8, 4) is 0 Å². The van der Waals surface area contributed by atoms with E-state index in [1.807, 2.05) is 13.0 Å². The predicted octanol–water partition coefficient (Wildman–Crippen LogP) is 1.23. The van der Waals surface area contributed by atoms with E-state index in [4.69, 9.17) is 0 Å². The molecule has 1 rings (SSSR count). The summed E-state index contributed by atoms with van der Waals surface area (Å²) in [5, 5.41) is 1.26. The molecule has 66 valence electrons. The summed E-state index contributed by atoms with van der Waals surface area (Å²) in [6.45, 7) is 8.63. The van der Waals surface area contributed by atoms with Crippen LogP contribution in [0.1, 0.15) is 5.56 Å². The monoisotopic (exact) mass is 181 g/mol. The third kappa shape index (κ3) is 1.66. The number of rotatable bonds is 1. The Bertz CT molecular complexity index is 335. The van der Waals surface area contributed by atoms with Crippen LogP contribution in [0.5, 0.6) is 0 Å². The summed E-state index contributed by atoms with van der Waals surface area (Å²) in [5.74, 6) is 0. The van der Waals surface area contributed by atoms with Gasteiger partial charge in [0, 0.05) is 11.8 Å². The zero-order valence-corrected chi connectivity index (χ0v) is 9.06. The minimum absolute atomic E-state index is 0.0509. The van der Waals surface area contributed by atoms with Crippen LogP contribution in [0.25, 0.3) is 0 Å². The Labute approximate surface area is 73.7 Å². The number of aromatic amines is 1. The third-order valence-electron chi connectivity index (χ3n) is 2.02. The Morgan fingerprint density at radius 2 is 1.92 bits per heavy atom. The number of pyridine rings is 1. The molecule has 0 fully saturated rings. The van der Waals surface area contributed by atoms with E-state index in [9.17, 15) is 4.79 Å². The molecule has 0 atom stereocenters. The lowest BCUT2D eigenvalue weighted by Crippen LogP contribution is -2.42. The van der Waals surface area contributed by atoms with Crippen molar-refractivity contribution in [3.05, 3.63) is 28.2 Å². The Balaban J connectivity index is 3.36. The molecule has 1 aromatic rings. The first kappa shape index (κ1) is 9.26. The van der Waals surface area contributed by atoms with Gasteiger partial charge in [0.15, 0.2) is 0 Å². The van der Waals surface area contributed by atoms with Crippen molar-refractivity contribution in [2.45, 2.75) is 26.6 Å². The molecule has 0 aromatic carbocycles. The second-order valence-electron chi connectivity index (χ2n) is 4.10. The molecule has 0 unspecified atom stereocenters. The second kappa shape index (κ2) is 2.90. The highest BCUT2D eigenvalue weighted by Crippen LogP contribution is 2.01. The fraction of sp³-hybridized carbons (Fsp3) is 0.444. The number of nitrogens with one attached hydrogen (secondary N) is 1. The molecule has 1 N–H and O–H groups in total. The van der Waals surface area contributed by atoms with E-state index in [1.54, 1.807) is 6.20 Å². The smallest absolute Gasteiger partial charge is 0.250 e. The molecule has 1 aromatic heterocycles. The van der Waals surface area contributed by atoms with Crippen molar-refractivity contribution in [2.75, 3.05) is 0 Å². The topological polar surface area (TPSA) is 32.9 Å². The molecule has 0 bridgehead atoms. The van der Waals surface area contributed by atoms with Gasteiger partial charge in [0.25, 0.3) is 5.56 Å². The molecule has 0 spiro atoms. The van der Waals surface area contributed by atoms with Gasteiger partial charge in [-0.2, -0.15) is 0 Å². The molecule has 1 heterocycles. The maximum absolute atomic E-state index is 11.3. The molecule has 0 radical (unpaired) electrons. The van der Waals surface area contributed by atoms with Crippen molar-refractivity contribution >= 4 is 13.3 Å². The van der Waals surface area contributed by atoms with Crippen molar-refractivity contribution in [2.24, 2.45) is 0 Å². The van der Waals surface area contributed by atoms with Gasteiger partial charge in [0.05, 0.1) is 8.07 Å². The lowest BCUT2D eigenvalue weighted by molar-refractivity contribution is 1.19. The summed E-state index contributed by atoms with van der Waals surface area (Å²) in [6, 6.07) is 2.03. The van der Waals surface area contributed by atoms with Gasteiger partial charge in [0.1, 0.15) is 0 Å². The van der Waals surface area contributed by atoms with Crippen LogP contribution in [0, 0.1) is 6.92 Å². The lowest BCUT2D eigenvalue weighted by Gasteiger charge is -2.17. The second-order valence-corrected chi connectivity index (χ2v) is 9.13. The number of aromatic nitrogens is 1. The molecular formula is C9H15NOSi. The average molecular weight is 181 g/mol. The maximum atomic E-state index is 11.3. The van der Waals surface area contributed by atoms with Crippen LogP contribution >= 0.6 is 0 Å². The molecule has 0 saturated carbocycles. The molecule has 0 saturated heterocycles. The number of hydrogen-bond acceptors (Lipinski definition) is 1. The van der Waals surface area contributed by atoms with Gasteiger partial charge in [-0.15, -0.1) is 0 Å². The van der Waals surface area contributed by atoms with Gasteiger partial charge in [-0.05, 0) is 13.0 Å². The summed E-state index contributed by atoms with van der Waals surface area (Å²) in [4.78, 5) is 13.9.